The van der Waals surface area contributed by atoms with Gasteiger partial charge >= 0.3 is 0 Å². The van der Waals surface area contributed by atoms with E-state index in [-0.39, 0.29) is 0 Å². The molecule has 0 saturated heterocycles. The molecule has 3 rings (SSSR count). The SMILES string of the molecule is COc1ccc(C)cc1-c1c(N)noc1C1CCC1. The van der Waals surface area contributed by atoms with Crippen LogP contribution in [0, 0.1) is 6.92 Å². The topological polar surface area (TPSA) is 61.3 Å². The Morgan fingerprint density at radius 2 is 2.16 bits per heavy atom. The first kappa shape index (κ1) is 12.1. The number of hydrogen-bond donors (Lipinski definition) is 1. The van der Waals surface area contributed by atoms with Gasteiger partial charge in [0.1, 0.15) is 11.5 Å². The van der Waals surface area contributed by atoms with Crippen molar-refractivity contribution in [3.8, 4) is 16.9 Å². The smallest absolute Gasteiger partial charge is 0.175 e. The summed E-state index contributed by atoms with van der Waals surface area (Å²) in [5, 5.41) is 3.95. The van der Waals surface area contributed by atoms with Crippen LogP contribution in [0.1, 0.15) is 36.5 Å². The lowest BCUT2D eigenvalue weighted by molar-refractivity contribution is 0.302. The standard InChI is InChI=1S/C15H18N2O2/c1-9-6-7-12(18-2)11(8-9)13-14(10-4-3-5-10)19-17-15(13)16/h6-8,10H,3-5H2,1-2H3,(H2,16,17). The van der Waals surface area contributed by atoms with Gasteiger partial charge in [0.25, 0.3) is 0 Å². The molecule has 0 aliphatic heterocycles. The first-order valence-corrected chi connectivity index (χ1v) is 6.60. The van der Waals surface area contributed by atoms with E-state index in [0.29, 0.717) is 11.7 Å². The van der Waals surface area contributed by atoms with Crippen molar-refractivity contribution >= 4 is 5.82 Å². The minimum Gasteiger partial charge on any atom is -0.496 e. The molecule has 4 nitrogen and oxygen atoms in total. The zero-order chi connectivity index (χ0) is 13.4. The highest BCUT2D eigenvalue weighted by atomic mass is 16.5. The molecule has 2 N–H and O–H groups in total. The molecule has 2 aromatic rings. The third kappa shape index (κ3) is 1.97. The normalized spacial score (nSPS) is 15.3. The number of ether oxygens (including phenoxy) is 1. The van der Waals surface area contributed by atoms with Crippen LogP contribution >= 0.6 is 0 Å². The van der Waals surface area contributed by atoms with Crippen LogP contribution in [0.2, 0.25) is 0 Å². The van der Waals surface area contributed by atoms with E-state index in [2.05, 4.69) is 18.1 Å². The molecule has 1 heterocycles. The maximum Gasteiger partial charge on any atom is 0.175 e. The monoisotopic (exact) mass is 258 g/mol. The molecule has 1 aliphatic carbocycles. The Kier molecular flexibility index (Phi) is 2.93. The molecular formula is C15H18N2O2. The van der Waals surface area contributed by atoms with Crippen molar-refractivity contribution in [1.29, 1.82) is 0 Å². The lowest BCUT2D eigenvalue weighted by Crippen LogP contribution is -2.09. The van der Waals surface area contributed by atoms with Gasteiger partial charge in [-0.3, -0.25) is 0 Å². The molecule has 0 bridgehead atoms. The predicted octanol–water partition coefficient (Wildman–Crippen LogP) is 3.51. The molecule has 4 heteroatoms. The van der Waals surface area contributed by atoms with E-state index in [1.54, 1.807) is 7.11 Å². The molecule has 0 amide bonds. The number of hydrogen-bond acceptors (Lipinski definition) is 4. The summed E-state index contributed by atoms with van der Waals surface area (Å²) in [5.74, 6) is 2.62. The molecule has 1 fully saturated rings. The Morgan fingerprint density at radius 3 is 2.79 bits per heavy atom. The Hall–Kier alpha value is -1.97. The van der Waals surface area contributed by atoms with Gasteiger partial charge in [0, 0.05) is 11.5 Å². The summed E-state index contributed by atoms with van der Waals surface area (Å²) in [6.45, 7) is 2.05. The lowest BCUT2D eigenvalue weighted by atomic mass is 9.81. The number of aromatic nitrogens is 1. The summed E-state index contributed by atoms with van der Waals surface area (Å²) in [6, 6.07) is 6.06. The molecule has 0 radical (unpaired) electrons. The Morgan fingerprint density at radius 1 is 1.37 bits per heavy atom. The average molecular weight is 258 g/mol. The number of nitrogens with zero attached hydrogens (tertiary/aromatic N) is 1. The van der Waals surface area contributed by atoms with E-state index in [1.165, 1.54) is 6.42 Å². The van der Waals surface area contributed by atoms with Gasteiger partial charge in [-0.1, -0.05) is 23.2 Å². The van der Waals surface area contributed by atoms with Crippen molar-refractivity contribution in [2.24, 2.45) is 0 Å². The molecule has 1 aromatic carbocycles. The van der Waals surface area contributed by atoms with E-state index in [9.17, 15) is 0 Å². The van der Waals surface area contributed by atoms with E-state index in [4.69, 9.17) is 15.0 Å². The maximum atomic E-state index is 6.00. The number of methoxy groups -OCH3 is 1. The molecule has 0 atom stereocenters. The maximum absolute atomic E-state index is 6.00. The van der Waals surface area contributed by atoms with E-state index >= 15 is 0 Å². The van der Waals surface area contributed by atoms with E-state index in [0.717, 1.165) is 41.0 Å². The predicted molar refractivity (Wildman–Crippen MR) is 74.2 cm³/mol. The zero-order valence-corrected chi connectivity index (χ0v) is 11.3. The number of rotatable bonds is 3. The van der Waals surface area contributed by atoms with Crippen LogP contribution in [-0.2, 0) is 0 Å². The fourth-order valence-corrected chi connectivity index (χ4v) is 2.55. The van der Waals surface area contributed by atoms with Crippen LogP contribution in [0.15, 0.2) is 22.7 Å². The van der Waals surface area contributed by atoms with Gasteiger partial charge in [-0.15, -0.1) is 0 Å². The van der Waals surface area contributed by atoms with Crippen LogP contribution < -0.4 is 10.5 Å². The van der Waals surface area contributed by atoms with Crippen molar-refractivity contribution in [2.75, 3.05) is 12.8 Å². The quantitative estimate of drug-likeness (QED) is 0.915. The number of anilines is 1. The van der Waals surface area contributed by atoms with Crippen molar-refractivity contribution in [3.05, 3.63) is 29.5 Å². The summed E-state index contributed by atoms with van der Waals surface area (Å²) in [6.07, 6.45) is 3.54. The van der Waals surface area contributed by atoms with Gasteiger partial charge < -0.3 is 15.0 Å². The van der Waals surface area contributed by atoms with Gasteiger partial charge in [-0.05, 0) is 31.9 Å². The van der Waals surface area contributed by atoms with E-state index < -0.39 is 0 Å². The molecule has 0 spiro atoms. The summed E-state index contributed by atoms with van der Waals surface area (Å²) in [4.78, 5) is 0. The van der Waals surface area contributed by atoms with Crippen LogP contribution in [0.5, 0.6) is 5.75 Å². The van der Waals surface area contributed by atoms with Crippen LogP contribution in [0.25, 0.3) is 11.1 Å². The number of nitrogens with two attached hydrogens (primary N) is 1. The third-order valence-electron chi connectivity index (χ3n) is 3.85. The summed E-state index contributed by atoms with van der Waals surface area (Å²) >= 11 is 0. The molecule has 100 valence electrons. The fourth-order valence-electron chi connectivity index (χ4n) is 2.55. The highest BCUT2D eigenvalue weighted by Crippen LogP contribution is 2.45. The average Bonchev–Trinajstić information content (AvgIpc) is 2.69. The zero-order valence-electron chi connectivity index (χ0n) is 11.3. The molecule has 19 heavy (non-hydrogen) atoms. The van der Waals surface area contributed by atoms with Crippen molar-refractivity contribution in [1.82, 2.24) is 5.16 Å². The summed E-state index contributed by atoms with van der Waals surface area (Å²) < 4.78 is 10.9. The molecule has 1 saturated carbocycles. The Labute approximate surface area is 112 Å². The first-order valence-electron chi connectivity index (χ1n) is 6.60. The van der Waals surface area contributed by atoms with Crippen molar-refractivity contribution in [3.63, 3.8) is 0 Å². The Balaban J connectivity index is 2.15. The van der Waals surface area contributed by atoms with Gasteiger partial charge in [0.05, 0.1) is 12.7 Å². The van der Waals surface area contributed by atoms with Crippen LogP contribution in [0.4, 0.5) is 5.82 Å². The van der Waals surface area contributed by atoms with Crippen LogP contribution in [-0.4, -0.2) is 12.3 Å². The second-order valence-corrected chi connectivity index (χ2v) is 5.14. The number of aryl methyl sites for hydroxylation is 1. The van der Waals surface area contributed by atoms with Gasteiger partial charge in [0.2, 0.25) is 0 Å². The van der Waals surface area contributed by atoms with Gasteiger partial charge in [-0.2, -0.15) is 0 Å². The molecular weight excluding hydrogens is 240 g/mol. The lowest BCUT2D eigenvalue weighted by Gasteiger charge is -2.23. The molecule has 0 unspecified atom stereocenters. The second kappa shape index (κ2) is 4.61. The highest BCUT2D eigenvalue weighted by molar-refractivity contribution is 5.81. The summed E-state index contributed by atoms with van der Waals surface area (Å²) in [7, 11) is 1.67. The van der Waals surface area contributed by atoms with E-state index in [1.807, 2.05) is 12.1 Å². The Bertz CT molecular complexity index is 600. The van der Waals surface area contributed by atoms with Gasteiger partial charge in [-0.25, -0.2) is 0 Å². The van der Waals surface area contributed by atoms with Crippen LogP contribution in [0.3, 0.4) is 0 Å². The van der Waals surface area contributed by atoms with Crippen molar-refractivity contribution < 1.29 is 9.26 Å². The summed E-state index contributed by atoms with van der Waals surface area (Å²) in [5.41, 5.74) is 9.05. The molecule has 1 aliphatic rings. The highest BCUT2D eigenvalue weighted by Gasteiger charge is 2.29. The minimum absolute atomic E-state index is 0.449. The third-order valence-corrected chi connectivity index (χ3v) is 3.85. The van der Waals surface area contributed by atoms with Gasteiger partial charge in [0.15, 0.2) is 5.82 Å². The van der Waals surface area contributed by atoms with Crippen molar-refractivity contribution in [2.45, 2.75) is 32.1 Å². The largest absolute Gasteiger partial charge is 0.496 e. The number of nitrogen functional groups attached to an aromatic ring is 1. The second-order valence-electron chi connectivity index (χ2n) is 5.14. The fraction of sp³-hybridized carbons (Fsp3) is 0.400. The minimum atomic E-state index is 0.449. The molecule has 1 aromatic heterocycles. The number of benzene rings is 1. The first-order chi connectivity index (χ1) is 9.20.